The molecule has 0 amide bonds. The van der Waals surface area contributed by atoms with Crippen molar-refractivity contribution < 1.29 is 17.7 Å². The summed E-state index contributed by atoms with van der Waals surface area (Å²) in [5.74, 6) is 0.817. The minimum absolute atomic E-state index is 0.0982. The van der Waals surface area contributed by atoms with Gasteiger partial charge >= 0.3 is 0 Å². The highest BCUT2D eigenvalue weighted by Crippen LogP contribution is 2.30. The molecule has 1 aliphatic heterocycles. The molecule has 0 aliphatic carbocycles. The molecule has 1 saturated heterocycles. The average Bonchev–Trinajstić information content (AvgIpc) is 3.16. The molecule has 26 heavy (non-hydrogen) atoms. The molecule has 142 valence electrons. The van der Waals surface area contributed by atoms with Crippen molar-refractivity contribution in [2.45, 2.75) is 37.1 Å². The lowest BCUT2D eigenvalue weighted by molar-refractivity contribution is 0.202. The number of hydrogen-bond donors (Lipinski definition) is 1. The van der Waals surface area contributed by atoms with Crippen LogP contribution in [0.4, 0.5) is 0 Å². The Kier molecular flexibility index (Phi) is 5.95. The van der Waals surface area contributed by atoms with Crippen LogP contribution in [-0.4, -0.2) is 51.3 Å². The molecule has 1 aliphatic rings. The van der Waals surface area contributed by atoms with Crippen molar-refractivity contribution in [1.29, 1.82) is 0 Å². The molecule has 1 fully saturated rings. The molecule has 8 heteroatoms. The molecule has 0 unspecified atom stereocenters. The Morgan fingerprint density at radius 3 is 2.92 bits per heavy atom. The predicted molar refractivity (Wildman–Crippen MR) is 98.6 cm³/mol. The normalized spacial score (nSPS) is 18.8. The molecular weight excluding hydrogens is 354 g/mol. The largest absolute Gasteiger partial charge is 0.495 e. The number of nitrogens with one attached hydrogen (secondary N) is 1. The first-order valence-corrected chi connectivity index (χ1v) is 10.4. The number of methoxy groups -OCH3 is 1. The molecule has 0 spiro atoms. The molecule has 0 bridgehead atoms. The van der Waals surface area contributed by atoms with Gasteiger partial charge in [-0.15, -0.1) is 0 Å². The molecule has 2 heterocycles. The van der Waals surface area contributed by atoms with Crippen LogP contribution in [0.1, 0.15) is 26.2 Å². The van der Waals surface area contributed by atoms with E-state index in [1.165, 1.54) is 13.3 Å². The van der Waals surface area contributed by atoms with E-state index < -0.39 is 10.0 Å². The van der Waals surface area contributed by atoms with E-state index in [2.05, 4.69) is 21.7 Å². The standard InChI is InChI=1S/C18H25N3O4S/c1-3-10-21-11-4-5-15(13-21)20-26(22,23)18-12-14(6-7-17(18)24-2)16-8-9-19-25-16/h6-9,12,15,20H,3-5,10-11,13H2,1-2H3/t15-/m0/s1. The topological polar surface area (TPSA) is 84.7 Å². The summed E-state index contributed by atoms with van der Waals surface area (Å²) in [5.41, 5.74) is 0.639. The summed E-state index contributed by atoms with van der Waals surface area (Å²) in [6.45, 7) is 4.88. The van der Waals surface area contributed by atoms with Gasteiger partial charge in [0.25, 0.3) is 0 Å². The Bertz CT molecular complexity index is 819. The molecule has 0 saturated carbocycles. The Morgan fingerprint density at radius 2 is 2.23 bits per heavy atom. The van der Waals surface area contributed by atoms with E-state index in [4.69, 9.17) is 9.26 Å². The Morgan fingerprint density at radius 1 is 1.38 bits per heavy atom. The minimum atomic E-state index is -3.72. The molecule has 0 radical (unpaired) electrons. The van der Waals surface area contributed by atoms with Crippen LogP contribution in [0.5, 0.6) is 5.75 Å². The summed E-state index contributed by atoms with van der Waals surface area (Å²) in [4.78, 5) is 2.42. The lowest BCUT2D eigenvalue weighted by Gasteiger charge is -2.32. The number of hydrogen-bond acceptors (Lipinski definition) is 6. The molecule has 3 rings (SSSR count). The van der Waals surface area contributed by atoms with E-state index in [9.17, 15) is 8.42 Å². The zero-order chi connectivity index (χ0) is 18.6. The van der Waals surface area contributed by atoms with Crippen LogP contribution in [0.2, 0.25) is 0 Å². The van der Waals surface area contributed by atoms with Gasteiger partial charge in [-0.3, -0.25) is 0 Å². The summed E-state index contributed by atoms with van der Waals surface area (Å²) >= 11 is 0. The summed E-state index contributed by atoms with van der Waals surface area (Å²) in [5, 5.41) is 3.68. The highest BCUT2D eigenvalue weighted by Gasteiger charge is 2.27. The van der Waals surface area contributed by atoms with E-state index in [1.807, 2.05) is 0 Å². The zero-order valence-corrected chi connectivity index (χ0v) is 16.0. The van der Waals surface area contributed by atoms with E-state index >= 15 is 0 Å². The van der Waals surface area contributed by atoms with Gasteiger partial charge in [0.05, 0.1) is 13.3 Å². The fraction of sp³-hybridized carbons (Fsp3) is 0.500. The number of nitrogens with zero attached hydrogens (tertiary/aromatic N) is 2. The van der Waals surface area contributed by atoms with E-state index in [0.717, 1.165) is 38.9 Å². The minimum Gasteiger partial charge on any atom is -0.495 e. The van der Waals surface area contributed by atoms with Crippen LogP contribution in [0.15, 0.2) is 39.9 Å². The van der Waals surface area contributed by atoms with Crippen LogP contribution < -0.4 is 9.46 Å². The van der Waals surface area contributed by atoms with Crippen LogP contribution in [-0.2, 0) is 10.0 Å². The molecule has 2 aromatic rings. The lowest BCUT2D eigenvalue weighted by atomic mass is 10.1. The Hall–Kier alpha value is -1.90. The number of rotatable bonds is 7. The van der Waals surface area contributed by atoms with Gasteiger partial charge in [0.1, 0.15) is 10.6 Å². The molecular formula is C18H25N3O4S. The van der Waals surface area contributed by atoms with Crippen molar-refractivity contribution in [3.05, 3.63) is 30.5 Å². The molecule has 1 N–H and O–H groups in total. The van der Waals surface area contributed by atoms with E-state index in [0.29, 0.717) is 17.1 Å². The monoisotopic (exact) mass is 379 g/mol. The maximum absolute atomic E-state index is 13.0. The van der Waals surface area contributed by atoms with Gasteiger partial charge in [-0.2, -0.15) is 0 Å². The van der Waals surface area contributed by atoms with E-state index in [1.54, 1.807) is 24.3 Å². The Labute approximate surface area is 154 Å². The summed E-state index contributed by atoms with van der Waals surface area (Å²) < 4.78 is 39.3. The van der Waals surface area contributed by atoms with Crippen LogP contribution >= 0.6 is 0 Å². The number of sulfonamides is 1. The predicted octanol–water partition coefficient (Wildman–Crippen LogP) is 2.50. The second kappa shape index (κ2) is 8.20. The van der Waals surface area contributed by atoms with Crippen molar-refractivity contribution in [1.82, 2.24) is 14.8 Å². The number of piperidine rings is 1. The van der Waals surface area contributed by atoms with Gasteiger partial charge in [-0.1, -0.05) is 12.1 Å². The van der Waals surface area contributed by atoms with Gasteiger partial charge in [0.2, 0.25) is 10.0 Å². The van der Waals surface area contributed by atoms with Crippen LogP contribution in [0, 0.1) is 0 Å². The maximum atomic E-state index is 13.0. The molecule has 1 aromatic carbocycles. The van der Waals surface area contributed by atoms with E-state index in [-0.39, 0.29) is 10.9 Å². The smallest absolute Gasteiger partial charge is 0.244 e. The molecule has 1 aromatic heterocycles. The number of ether oxygens (including phenoxy) is 1. The van der Waals surface area contributed by atoms with Gasteiger partial charge in [0, 0.05) is 24.2 Å². The zero-order valence-electron chi connectivity index (χ0n) is 15.1. The lowest BCUT2D eigenvalue weighted by Crippen LogP contribution is -2.47. The van der Waals surface area contributed by atoms with Crippen molar-refractivity contribution in [3.8, 4) is 17.1 Å². The Balaban J connectivity index is 1.85. The van der Waals surface area contributed by atoms with Gasteiger partial charge in [-0.05, 0) is 50.6 Å². The quantitative estimate of drug-likeness (QED) is 0.796. The maximum Gasteiger partial charge on any atom is 0.244 e. The number of likely N-dealkylation sites (tertiary alicyclic amines) is 1. The SMILES string of the molecule is CCCN1CCC[C@H](NS(=O)(=O)c2cc(-c3ccno3)ccc2OC)C1. The first-order valence-electron chi connectivity index (χ1n) is 8.87. The van der Waals surface area contributed by atoms with Gasteiger partial charge in [-0.25, -0.2) is 13.1 Å². The summed E-state index contributed by atoms with van der Waals surface area (Å²) in [6, 6.07) is 6.54. The van der Waals surface area contributed by atoms with Gasteiger partial charge in [0.15, 0.2) is 5.76 Å². The number of aromatic nitrogens is 1. The molecule has 7 nitrogen and oxygen atoms in total. The first-order chi connectivity index (χ1) is 12.5. The van der Waals surface area contributed by atoms with Crippen molar-refractivity contribution in [2.75, 3.05) is 26.7 Å². The highest BCUT2D eigenvalue weighted by molar-refractivity contribution is 7.89. The van der Waals surface area contributed by atoms with Crippen LogP contribution in [0.25, 0.3) is 11.3 Å². The van der Waals surface area contributed by atoms with Crippen molar-refractivity contribution >= 4 is 10.0 Å². The second-order valence-electron chi connectivity index (χ2n) is 6.50. The van der Waals surface area contributed by atoms with Crippen LogP contribution in [0.3, 0.4) is 0 Å². The third-order valence-corrected chi connectivity index (χ3v) is 6.08. The fourth-order valence-corrected chi connectivity index (χ4v) is 4.82. The van der Waals surface area contributed by atoms with Crippen molar-refractivity contribution in [2.24, 2.45) is 0 Å². The third kappa shape index (κ3) is 4.25. The summed E-state index contributed by atoms with van der Waals surface area (Å²) in [7, 11) is -2.25. The fourth-order valence-electron chi connectivity index (χ4n) is 3.36. The third-order valence-electron chi connectivity index (χ3n) is 4.54. The van der Waals surface area contributed by atoms with Crippen molar-refractivity contribution in [3.63, 3.8) is 0 Å². The second-order valence-corrected chi connectivity index (χ2v) is 8.19. The number of benzene rings is 1. The van der Waals surface area contributed by atoms with Gasteiger partial charge < -0.3 is 14.2 Å². The first kappa shape index (κ1) is 18.9. The summed E-state index contributed by atoms with van der Waals surface area (Å²) in [6.07, 6.45) is 4.41. The highest BCUT2D eigenvalue weighted by atomic mass is 32.2. The average molecular weight is 379 g/mol. The molecule has 1 atom stereocenters.